The summed E-state index contributed by atoms with van der Waals surface area (Å²) < 4.78 is 13.4. The monoisotopic (exact) mass is 282 g/mol. The van der Waals surface area contributed by atoms with Gasteiger partial charge in [-0.15, -0.1) is 0 Å². The van der Waals surface area contributed by atoms with E-state index in [1.807, 2.05) is 13.8 Å². The Bertz CT molecular complexity index is 424. The second-order valence-electron chi connectivity index (χ2n) is 5.25. The molecule has 20 heavy (non-hydrogen) atoms. The summed E-state index contributed by atoms with van der Waals surface area (Å²) >= 11 is 0. The highest BCUT2D eigenvalue weighted by atomic mass is 19.1. The highest BCUT2D eigenvalue weighted by Crippen LogP contribution is 2.06. The fourth-order valence-corrected chi connectivity index (χ4v) is 2.00. The van der Waals surface area contributed by atoms with Crippen molar-refractivity contribution in [2.45, 2.75) is 32.7 Å². The minimum absolute atomic E-state index is 0.0844. The van der Waals surface area contributed by atoms with Crippen molar-refractivity contribution in [3.05, 3.63) is 35.6 Å². The third-order valence-electron chi connectivity index (χ3n) is 2.95. The van der Waals surface area contributed by atoms with Crippen LogP contribution >= 0.6 is 0 Å². The Morgan fingerprint density at radius 2 is 2.05 bits per heavy atom. The van der Waals surface area contributed by atoms with Gasteiger partial charge in [0.25, 0.3) is 0 Å². The summed E-state index contributed by atoms with van der Waals surface area (Å²) in [6.07, 6.45) is 1.16. The molecule has 0 spiro atoms. The van der Waals surface area contributed by atoms with E-state index in [1.165, 1.54) is 6.07 Å². The number of amides is 2. The SMILES string of the molecule is CC(C)CC(CO)NC(=O)NCCc1ccccc1F. The molecule has 5 heteroatoms. The van der Waals surface area contributed by atoms with Crippen molar-refractivity contribution >= 4 is 6.03 Å². The number of urea groups is 1. The molecule has 0 saturated carbocycles. The largest absolute Gasteiger partial charge is 0.394 e. The third-order valence-corrected chi connectivity index (χ3v) is 2.95. The molecule has 0 bridgehead atoms. The first kappa shape index (κ1) is 16.4. The first-order valence-electron chi connectivity index (χ1n) is 6.91. The molecular formula is C15H23FN2O2. The average Bonchev–Trinajstić information content (AvgIpc) is 2.39. The molecule has 0 fully saturated rings. The zero-order chi connectivity index (χ0) is 15.0. The molecule has 112 valence electrons. The Labute approximate surface area is 119 Å². The van der Waals surface area contributed by atoms with Crippen LogP contribution in [0.2, 0.25) is 0 Å². The van der Waals surface area contributed by atoms with Gasteiger partial charge in [-0.1, -0.05) is 32.0 Å². The number of aliphatic hydroxyl groups is 1. The Kier molecular flexibility index (Phi) is 7.01. The van der Waals surface area contributed by atoms with Gasteiger partial charge in [-0.3, -0.25) is 0 Å². The van der Waals surface area contributed by atoms with Crippen LogP contribution in [0, 0.1) is 11.7 Å². The lowest BCUT2D eigenvalue weighted by Crippen LogP contribution is -2.44. The molecule has 1 unspecified atom stereocenters. The maximum atomic E-state index is 13.4. The smallest absolute Gasteiger partial charge is 0.315 e. The van der Waals surface area contributed by atoms with Crippen LogP contribution in [0.3, 0.4) is 0 Å². The predicted octanol–water partition coefficient (Wildman–Crippen LogP) is 2.07. The Morgan fingerprint density at radius 1 is 1.35 bits per heavy atom. The Balaban J connectivity index is 2.31. The van der Waals surface area contributed by atoms with E-state index in [0.717, 1.165) is 6.42 Å². The van der Waals surface area contributed by atoms with Crippen molar-refractivity contribution in [3.8, 4) is 0 Å². The van der Waals surface area contributed by atoms with Gasteiger partial charge in [0.2, 0.25) is 0 Å². The lowest BCUT2D eigenvalue weighted by atomic mass is 10.0. The number of benzene rings is 1. The fraction of sp³-hybridized carbons (Fsp3) is 0.533. The molecule has 0 saturated heterocycles. The third kappa shape index (κ3) is 6.02. The molecule has 1 aromatic rings. The van der Waals surface area contributed by atoms with Gasteiger partial charge in [0.1, 0.15) is 5.82 Å². The number of hydrogen-bond donors (Lipinski definition) is 3. The number of carbonyl (C=O) groups excluding carboxylic acids is 1. The fourth-order valence-electron chi connectivity index (χ4n) is 2.00. The highest BCUT2D eigenvalue weighted by Gasteiger charge is 2.12. The van der Waals surface area contributed by atoms with E-state index in [2.05, 4.69) is 10.6 Å². The molecule has 0 heterocycles. The summed E-state index contributed by atoms with van der Waals surface area (Å²) in [5, 5.41) is 14.5. The molecule has 0 aliphatic heterocycles. The molecular weight excluding hydrogens is 259 g/mol. The van der Waals surface area contributed by atoms with E-state index >= 15 is 0 Å². The topological polar surface area (TPSA) is 61.4 Å². The van der Waals surface area contributed by atoms with Gasteiger partial charge in [-0.05, 0) is 30.4 Å². The minimum Gasteiger partial charge on any atom is -0.394 e. The molecule has 3 N–H and O–H groups in total. The minimum atomic E-state index is -0.332. The number of carbonyl (C=O) groups is 1. The van der Waals surface area contributed by atoms with E-state index in [0.29, 0.717) is 24.4 Å². The van der Waals surface area contributed by atoms with Gasteiger partial charge in [0.05, 0.1) is 12.6 Å². The van der Waals surface area contributed by atoms with Crippen molar-refractivity contribution in [1.82, 2.24) is 10.6 Å². The van der Waals surface area contributed by atoms with E-state index in [9.17, 15) is 14.3 Å². The predicted molar refractivity (Wildman–Crippen MR) is 77.0 cm³/mol. The van der Waals surface area contributed by atoms with Crippen LogP contribution in [0.1, 0.15) is 25.8 Å². The molecule has 0 aliphatic carbocycles. The highest BCUT2D eigenvalue weighted by molar-refractivity contribution is 5.74. The molecule has 0 aliphatic rings. The van der Waals surface area contributed by atoms with Gasteiger partial charge in [0, 0.05) is 6.54 Å². The van der Waals surface area contributed by atoms with Crippen molar-refractivity contribution < 1.29 is 14.3 Å². The van der Waals surface area contributed by atoms with E-state index in [4.69, 9.17) is 0 Å². The first-order chi connectivity index (χ1) is 9.52. The lowest BCUT2D eigenvalue weighted by Gasteiger charge is -2.18. The molecule has 2 amide bonds. The van der Waals surface area contributed by atoms with E-state index in [1.54, 1.807) is 18.2 Å². The molecule has 1 atom stereocenters. The molecule has 4 nitrogen and oxygen atoms in total. The second kappa shape index (κ2) is 8.53. The molecule has 1 aromatic carbocycles. The van der Waals surface area contributed by atoms with Gasteiger partial charge in [-0.2, -0.15) is 0 Å². The summed E-state index contributed by atoms with van der Waals surface area (Å²) in [5.41, 5.74) is 0.577. The number of aliphatic hydroxyl groups excluding tert-OH is 1. The van der Waals surface area contributed by atoms with Gasteiger partial charge >= 0.3 is 6.03 Å². The number of nitrogens with one attached hydrogen (secondary N) is 2. The first-order valence-corrected chi connectivity index (χ1v) is 6.91. The van der Waals surface area contributed by atoms with E-state index < -0.39 is 0 Å². The number of halogens is 1. The van der Waals surface area contributed by atoms with Crippen molar-refractivity contribution in [1.29, 1.82) is 0 Å². The quantitative estimate of drug-likeness (QED) is 0.717. The van der Waals surface area contributed by atoms with Gasteiger partial charge < -0.3 is 15.7 Å². The maximum Gasteiger partial charge on any atom is 0.315 e. The van der Waals surface area contributed by atoms with Crippen molar-refractivity contribution in [3.63, 3.8) is 0 Å². The standard InChI is InChI=1S/C15H23FN2O2/c1-11(2)9-13(10-19)18-15(20)17-8-7-12-5-3-4-6-14(12)16/h3-6,11,13,19H,7-10H2,1-2H3,(H2,17,18,20). The van der Waals surface area contributed by atoms with Crippen molar-refractivity contribution in [2.75, 3.05) is 13.2 Å². The van der Waals surface area contributed by atoms with Crippen LogP contribution in [0.5, 0.6) is 0 Å². The van der Waals surface area contributed by atoms with Crippen LogP contribution in [0.4, 0.5) is 9.18 Å². The lowest BCUT2D eigenvalue weighted by molar-refractivity contribution is 0.207. The van der Waals surface area contributed by atoms with Crippen LogP contribution in [0.25, 0.3) is 0 Å². The summed E-state index contributed by atoms with van der Waals surface area (Å²) in [4.78, 5) is 11.6. The zero-order valence-electron chi connectivity index (χ0n) is 12.0. The summed E-state index contributed by atoms with van der Waals surface area (Å²) in [6, 6.07) is 5.92. The molecule has 1 rings (SSSR count). The Hall–Kier alpha value is -1.62. The summed E-state index contributed by atoms with van der Waals surface area (Å²) in [7, 11) is 0. The average molecular weight is 282 g/mol. The number of rotatable bonds is 7. The summed E-state index contributed by atoms with van der Waals surface area (Å²) in [6.45, 7) is 4.33. The zero-order valence-corrected chi connectivity index (χ0v) is 12.0. The molecule has 0 radical (unpaired) electrons. The van der Waals surface area contributed by atoms with Crippen LogP contribution in [-0.4, -0.2) is 30.3 Å². The maximum absolute atomic E-state index is 13.4. The van der Waals surface area contributed by atoms with Crippen LogP contribution in [0.15, 0.2) is 24.3 Å². The van der Waals surface area contributed by atoms with E-state index in [-0.39, 0.29) is 24.5 Å². The molecule has 0 aromatic heterocycles. The summed E-state index contributed by atoms with van der Waals surface area (Å²) in [5.74, 6) is 0.133. The second-order valence-corrected chi connectivity index (χ2v) is 5.25. The van der Waals surface area contributed by atoms with Crippen molar-refractivity contribution in [2.24, 2.45) is 5.92 Å². The van der Waals surface area contributed by atoms with Crippen LogP contribution < -0.4 is 10.6 Å². The Morgan fingerprint density at radius 3 is 2.65 bits per heavy atom. The normalized spacial score (nSPS) is 12.2. The number of hydrogen-bond acceptors (Lipinski definition) is 2. The van der Waals surface area contributed by atoms with Crippen LogP contribution in [-0.2, 0) is 6.42 Å². The van der Waals surface area contributed by atoms with Gasteiger partial charge in [-0.25, -0.2) is 9.18 Å². The van der Waals surface area contributed by atoms with Gasteiger partial charge in [0.15, 0.2) is 0 Å².